The molecule has 1 aliphatic heterocycles. The van der Waals surface area contributed by atoms with Crippen molar-refractivity contribution in [3.8, 4) is 0 Å². The van der Waals surface area contributed by atoms with Crippen molar-refractivity contribution in [2.24, 2.45) is 0 Å². The van der Waals surface area contributed by atoms with Crippen molar-refractivity contribution in [2.75, 3.05) is 32.0 Å². The highest BCUT2D eigenvalue weighted by atomic mass is 35.5. The molecule has 2 N–H and O–H groups in total. The molecule has 0 unspecified atom stereocenters. The van der Waals surface area contributed by atoms with Gasteiger partial charge in [0.2, 0.25) is 11.8 Å². The number of carbonyl (C=O) groups excluding carboxylic acids is 2. The van der Waals surface area contributed by atoms with E-state index in [1.807, 2.05) is 30.3 Å². The molecule has 34 heavy (non-hydrogen) atoms. The van der Waals surface area contributed by atoms with E-state index in [1.165, 1.54) is 6.07 Å². The summed E-state index contributed by atoms with van der Waals surface area (Å²) in [7, 11) is 1.78. The summed E-state index contributed by atoms with van der Waals surface area (Å²) < 4.78 is 0. The van der Waals surface area contributed by atoms with Crippen LogP contribution >= 0.6 is 23.2 Å². The first-order chi connectivity index (χ1) is 16.2. The molecule has 1 saturated heterocycles. The summed E-state index contributed by atoms with van der Waals surface area (Å²) in [6.07, 6.45) is 3.91. The van der Waals surface area contributed by atoms with Crippen LogP contribution in [0, 0.1) is 0 Å². The number of carboxylic acids is 1. The molecule has 1 fully saturated rings. The Kier molecular flexibility index (Phi) is 9.10. The number of amides is 2. The van der Waals surface area contributed by atoms with Crippen molar-refractivity contribution in [2.45, 2.75) is 25.3 Å². The van der Waals surface area contributed by atoms with Crippen LogP contribution < -0.4 is 5.32 Å². The third-order valence-corrected chi connectivity index (χ3v) is 6.52. The first kappa shape index (κ1) is 25.7. The highest BCUT2D eigenvalue weighted by Crippen LogP contribution is 2.31. The van der Waals surface area contributed by atoms with Gasteiger partial charge in [0.15, 0.2) is 0 Å². The lowest BCUT2D eigenvalue weighted by atomic mass is 10.0. The van der Waals surface area contributed by atoms with Crippen LogP contribution in [0.5, 0.6) is 0 Å². The second-order valence-corrected chi connectivity index (χ2v) is 9.01. The van der Waals surface area contributed by atoms with E-state index in [-0.39, 0.29) is 28.4 Å². The molecular weight excluding hydrogens is 477 g/mol. The van der Waals surface area contributed by atoms with Gasteiger partial charge in [-0.05, 0) is 49.2 Å². The zero-order valence-electron chi connectivity index (χ0n) is 18.8. The van der Waals surface area contributed by atoms with Gasteiger partial charge in [-0.1, -0.05) is 53.5 Å². The number of hydrogen-bond acceptors (Lipinski definition) is 4. The standard InChI is InChI=1S/C25H27Cl2N3O4/c1-29(22(16-30-11-5-6-12-30)17-7-3-2-4-8-17)24(32)14-18-13-19(26)20(27)15-21(18)28-23(31)9-10-25(33)34/h2-4,7-10,13,15,22H,5-6,11-12,14,16H2,1H3,(H,28,31)(H,33,34)/b10-9-/t22-/m1/s1. The van der Waals surface area contributed by atoms with E-state index in [1.54, 1.807) is 18.0 Å². The van der Waals surface area contributed by atoms with E-state index >= 15 is 0 Å². The number of likely N-dealkylation sites (N-methyl/N-ethyl adjacent to an activating group) is 1. The van der Waals surface area contributed by atoms with Crippen molar-refractivity contribution in [1.29, 1.82) is 0 Å². The maximum Gasteiger partial charge on any atom is 0.328 e. The molecular formula is C25H27Cl2N3O4. The SMILES string of the molecule is CN(C(=O)Cc1cc(Cl)c(Cl)cc1NC(=O)/C=C\C(=O)O)[C@H](CN1CCCC1)c1ccccc1. The number of nitrogens with one attached hydrogen (secondary N) is 1. The fourth-order valence-electron chi connectivity index (χ4n) is 3.97. The average Bonchev–Trinajstić information content (AvgIpc) is 3.33. The Hall–Kier alpha value is -2.87. The Bertz CT molecular complexity index is 1070. The molecule has 2 amide bonds. The highest BCUT2D eigenvalue weighted by molar-refractivity contribution is 6.42. The van der Waals surface area contributed by atoms with E-state index in [0.717, 1.165) is 50.2 Å². The molecule has 3 rings (SSSR count). The molecule has 0 aliphatic carbocycles. The van der Waals surface area contributed by atoms with E-state index < -0.39 is 11.9 Å². The normalized spacial score (nSPS) is 14.8. The van der Waals surface area contributed by atoms with Crippen LogP contribution in [0.3, 0.4) is 0 Å². The maximum absolute atomic E-state index is 13.4. The molecule has 1 heterocycles. The minimum absolute atomic E-state index is 0.0189. The molecule has 0 bridgehead atoms. The van der Waals surface area contributed by atoms with Gasteiger partial charge in [0.25, 0.3) is 0 Å². The van der Waals surface area contributed by atoms with Gasteiger partial charge in [-0.3, -0.25) is 9.59 Å². The van der Waals surface area contributed by atoms with Crippen LogP contribution in [0.15, 0.2) is 54.6 Å². The Morgan fingerprint density at radius 1 is 1.09 bits per heavy atom. The number of hydrogen-bond donors (Lipinski definition) is 2. The Balaban J connectivity index is 1.82. The van der Waals surface area contributed by atoms with Gasteiger partial charge in [0, 0.05) is 31.4 Å². The number of carbonyl (C=O) groups is 3. The third-order valence-electron chi connectivity index (χ3n) is 5.80. The molecule has 0 aromatic heterocycles. The number of halogens is 2. The number of carboxylic acid groups (broad SMARTS) is 1. The molecule has 180 valence electrons. The number of benzene rings is 2. The minimum Gasteiger partial charge on any atom is -0.478 e. The molecule has 7 nitrogen and oxygen atoms in total. The second kappa shape index (κ2) is 12.0. The van der Waals surface area contributed by atoms with Gasteiger partial charge < -0.3 is 20.2 Å². The zero-order valence-corrected chi connectivity index (χ0v) is 20.4. The number of rotatable bonds is 9. The minimum atomic E-state index is -1.24. The first-order valence-electron chi connectivity index (χ1n) is 11.0. The van der Waals surface area contributed by atoms with Crippen LogP contribution in [0.25, 0.3) is 0 Å². The third kappa shape index (κ3) is 7.06. The Morgan fingerprint density at radius 2 is 1.74 bits per heavy atom. The summed E-state index contributed by atoms with van der Waals surface area (Å²) in [5, 5.41) is 11.8. The average molecular weight is 504 g/mol. The van der Waals surface area contributed by atoms with Crippen LogP contribution in [0.2, 0.25) is 10.0 Å². The summed E-state index contributed by atoms with van der Waals surface area (Å²) >= 11 is 12.3. The van der Waals surface area contributed by atoms with Crippen molar-refractivity contribution in [3.63, 3.8) is 0 Å². The number of aliphatic carboxylic acids is 1. The molecule has 9 heteroatoms. The summed E-state index contributed by atoms with van der Waals surface area (Å²) in [5.41, 5.74) is 1.83. The number of anilines is 1. The van der Waals surface area contributed by atoms with Gasteiger partial charge in [-0.2, -0.15) is 0 Å². The predicted molar refractivity (Wildman–Crippen MR) is 133 cm³/mol. The molecule has 1 atom stereocenters. The summed E-state index contributed by atoms with van der Waals surface area (Å²) in [6, 6.07) is 12.8. The lowest BCUT2D eigenvalue weighted by molar-refractivity contribution is -0.132. The fraction of sp³-hybridized carbons (Fsp3) is 0.320. The van der Waals surface area contributed by atoms with Gasteiger partial charge >= 0.3 is 5.97 Å². The van der Waals surface area contributed by atoms with E-state index in [9.17, 15) is 14.4 Å². The van der Waals surface area contributed by atoms with Crippen LogP contribution in [0.4, 0.5) is 5.69 Å². The molecule has 2 aromatic carbocycles. The van der Waals surface area contributed by atoms with E-state index in [2.05, 4.69) is 10.2 Å². The summed E-state index contributed by atoms with van der Waals surface area (Å²) in [6.45, 7) is 2.76. The molecule has 2 aromatic rings. The molecule has 0 radical (unpaired) electrons. The van der Waals surface area contributed by atoms with Crippen molar-refractivity contribution < 1.29 is 19.5 Å². The lowest BCUT2D eigenvalue weighted by Crippen LogP contribution is -2.39. The van der Waals surface area contributed by atoms with Gasteiger partial charge in [-0.15, -0.1) is 0 Å². The Labute approximate surface area is 208 Å². The second-order valence-electron chi connectivity index (χ2n) is 8.20. The fourth-order valence-corrected chi connectivity index (χ4v) is 4.32. The molecule has 1 aliphatic rings. The smallest absolute Gasteiger partial charge is 0.328 e. The predicted octanol–water partition coefficient (Wildman–Crippen LogP) is 4.41. The zero-order chi connectivity index (χ0) is 24.7. The maximum atomic E-state index is 13.4. The van der Waals surface area contributed by atoms with Crippen LogP contribution in [0.1, 0.15) is 30.0 Å². The number of nitrogens with zero attached hydrogens (tertiary/aromatic N) is 2. The van der Waals surface area contributed by atoms with Crippen molar-refractivity contribution in [1.82, 2.24) is 9.80 Å². The highest BCUT2D eigenvalue weighted by Gasteiger charge is 2.26. The van der Waals surface area contributed by atoms with Crippen molar-refractivity contribution in [3.05, 3.63) is 75.8 Å². The Morgan fingerprint density at radius 3 is 2.38 bits per heavy atom. The van der Waals surface area contributed by atoms with E-state index in [4.69, 9.17) is 28.3 Å². The van der Waals surface area contributed by atoms with Gasteiger partial charge in [0.1, 0.15) is 0 Å². The molecule has 0 saturated carbocycles. The topological polar surface area (TPSA) is 90.0 Å². The molecule has 0 spiro atoms. The van der Waals surface area contributed by atoms with E-state index in [0.29, 0.717) is 11.3 Å². The quantitative estimate of drug-likeness (QED) is 0.494. The number of likely N-dealkylation sites (tertiary alicyclic amines) is 1. The largest absolute Gasteiger partial charge is 0.478 e. The van der Waals surface area contributed by atoms with Crippen LogP contribution in [-0.4, -0.2) is 59.4 Å². The lowest BCUT2D eigenvalue weighted by Gasteiger charge is -2.32. The summed E-state index contributed by atoms with van der Waals surface area (Å²) in [4.78, 5) is 40.3. The van der Waals surface area contributed by atoms with Crippen molar-refractivity contribution >= 4 is 46.7 Å². The monoisotopic (exact) mass is 503 g/mol. The summed E-state index contributed by atoms with van der Waals surface area (Å²) in [5.74, 6) is -2.05. The van der Waals surface area contributed by atoms with Crippen LogP contribution in [-0.2, 0) is 20.8 Å². The van der Waals surface area contributed by atoms with Gasteiger partial charge in [-0.25, -0.2) is 4.79 Å². The van der Waals surface area contributed by atoms with Gasteiger partial charge in [0.05, 0.1) is 22.5 Å². The first-order valence-corrected chi connectivity index (χ1v) is 11.7.